The summed E-state index contributed by atoms with van der Waals surface area (Å²) in [5.74, 6) is 1.43. The van der Waals surface area contributed by atoms with E-state index in [0.29, 0.717) is 12.8 Å². The first kappa shape index (κ1) is 12.1. The van der Waals surface area contributed by atoms with Crippen molar-refractivity contribution in [2.24, 2.45) is 11.8 Å². The van der Waals surface area contributed by atoms with E-state index in [0.717, 1.165) is 5.92 Å². The minimum absolute atomic E-state index is 0.634. The second-order valence-corrected chi connectivity index (χ2v) is 4.73. The first-order chi connectivity index (χ1) is 7.26. The van der Waals surface area contributed by atoms with Crippen LogP contribution in [0.2, 0.25) is 0 Å². The molecular formula is C14H30. The van der Waals surface area contributed by atoms with Gasteiger partial charge in [0, 0.05) is 1.37 Å². The first-order valence-corrected chi connectivity index (χ1v) is 6.55. The second-order valence-electron chi connectivity index (χ2n) is 4.73. The predicted octanol–water partition coefficient (Wildman–Crippen LogP) is 5.42. The monoisotopic (exact) mass is 199 g/mol. The molecule has 0 saturated carbocycles. The fourth-order valence-corrected chi connectivity index (χ4v) is 1.88. The zero-order chi connectivity index (χ0) is 11.5. The minimum Gasteiger partial charge on any atom is -0.0654 e. The van der Waals surface area contributed by atoms with Crippen LogP contribution in [0, 0.1) is 11.8 Å². The van der Waals surface area contributed by atoms with Crippen molar-refractivity contribution in [1.29, 1.82) is 0 Å². The SMILES string of the molecule is [2H]CC(CCCC)C(C)CCCCCC. The van der Waals surface area contributed by atoms with Gasteiger partial charge < -0.3 is 0 Å². The molecule has 0 heterocycles. The average molecular weight is 199 g/mol. The summed E-state index contributed by atoms with van der Waals surface area (Å²) in [5, 5.41) is 0. The minimum atomic E-state index is 0.634. The van der Waals surface area contributed by atoms with E-state index in [4.69, 9.17) is 1.37 Å². The molecule has 0 radical (unpaired) electrons. The molecule has 0 spiro atoms. The summed E-state index contributed by atoms with van der Waals surface area (Å²) in [6, 6.07) is 0. The molecule has 0 fully saturated rings. The second kappa shape index (κ2) is 9.55. The molecule has 0 aliphatic carbocycles. The molecule has 0 rings (SSSR count). The zero-order valence-corrected chi connectivity index (χ0v) is 10.5. The molecule has 14 heavy (non-hydrogen) atoms. The van der Waals surface area contributed by atoms with Crippen molar-refractivity contribution in [3.8, 4) is 0 Å². The van der Waals surface area contributed by atoms with Crippen LogP contribution in [-0.4, -0.2) is 0 Å². The van der Waals surface area contributed by atoms with Gasteiger partial charge in [-0.2, -0.15) is 0 Å². The van der Waals surface area contributed by atoms with Crippen LogP contribution in [0.25, 0.3) is 0 Å². The van der Waals surface area contributed by atoms with Gasteiger partial charge in [-0.1, -0.05) is 79.0 Å². The van der Waals surface area contributed by atoms with E-state index in [1.165, 1.54) is 51.4 Å². The van der Waals surface area contributed by atoms with Crippen LogP contribution in [-0.2, 0) is 0 Å². The highest BCUT2D eigenvalue weighted by molar-refractivity contribution is 4.62. The molecule has 0 aromatic rings. The summed E-state index contributed by atoms with van der Waals surface area (Å²) in [6.07, 6.45) is 10.7. The van der Waals surface area contributed by atoms with Crippen molar-refractivity contribution in [3.63, 3.8) is 0 Å². The normalized spacial score (nSPS) is 16.4. The quantitative estimate of drug-likeness (QED) is 0.435. The molecule has 0 amide bonds. The van der Waals surface area contributed by atoms with E-state index in [2.05, 4.69) is 20.8 Å². The molecule has 0 heteroatoms. The van der Waals surface area contributed by atoms with Crippen molar-refractivity contribution in [2.75, 3.05) is 0 Å². The summed E-state index contributed by atoms with van der Waals surface area (Å²) in [4.78, 5) is 0. The van der Waals surface area contributed by atoms with Crippen molar-refractivity contribution >= 4 is 0 Å². The summed E-state index contributed by atoms with van der Waals surface area (Å²) in [5.41, 5.74) is 0. The summed E-state index contributed by atoms with van der Waals surface area (Å²) >= 11 is 0. The molecule has 0 saturated heterocycles. The Morgan fingerprint density at radius 1 is 0.857 bits per heavy atom. The molecule has 0 aromatic carbocycles. The Bertz CT molecular complexity index is 123. The van der Waals surface area contributed by atoms with Crippen LogP contribution >= 0.6 is 0 Å². The molecule has 0 bridgehead atoms. The lowest BCUT2D eigenvalue weighted by molar-refractivity contribution is 0.326. The fraction of sp³-hybridized carbons (Fsp3) is 1.00. The Morgan fingerprint density at radius 2 is 1.50 bits per heavy atom. The Morgan fingerprint density at radius 3 is 2.07 bits per heavy atom. The highest BCUT2D eigenvalue weighted by Crippen LogP contribution is 2.23. The summed E-state index contributed by atoms with van der Waals surface area (Å²) < 4.78 is 7.59. The van der Waals surface area contributed by atoms with Crippen LogP contribution in [0.3, 0.4) is 0 Å². The highest BCUT2D eigenvalue weighted by Gasteiger charge is 2.10. The van der Waals surface area contributed by atoms with E-state index in [1.54, 1.807) is 0 Å². The van der Waals surface area contributed by atoms with E-state index >= 15 is 0 Å². The van der Waals surface area contributed by atoms with Gasteiger partial charge in [0.2, 0.25) is 0 Å². The van der Waals surface area contributed by atoms with Crippen LogP contribution in [0.4, 0.5) is 0 Å². The Labute approximate surface area is 92.9 Å². The number of rotatable bonds is 9. The molecule has 0 N–H and O–H groups in total. The smallest absolute Gasteiger partial charge is 0.0233 e. The van der Waals surface area contributed by atoms with Crippen LogP contribution in [0.5, 0.6) is 0 Å². The Balaban J connectivity index is 3.58. The van der Waals surface area contributed by atoms with Gasteiger partial charge in [0.1, 0.15) is 0 Å². The number of hydrogen-bond donors (Lipinski definition) is 0. The fourth-order valence-electron chi connectivity index (χ4n) is 1.88. The highest BCUT2D eigenvalue weighted by atomic mass is 14.2. The largest absolute Gasteiger partial charge is 0.0654 e. The Kier molecular flexibility index (Phi) is 8.24. The third kappa shape index (κ3) is 7.41. The van der Waals surface area contributed by atoms with Crippen LogP contribution in [0.1, 0.15) is 80.4 Å². The molecule has 0 nitrogen and oxygen atoms in total. The van der Waals surface area contributed by atoms with Gasteiger partial charge in [-0.25, -0.2) is 0 Å². The third-order valence-corrected chi connectivity index (χ3v) is 3.25. The first-order valence-electron chi connectivity index (χ1n) is 7.26. The molecule has 0 aliphatic heterocycles. The molecule has 0 aliphatic rings. The van der Waals surface area contributed by atoms with Crippen LogP contribution in [0.15, 0.2) is 0 Å². The van der Waals surface area contributed by atoms with Gasteiger partial charge in [0.05, 0.1) is 0 Å². The summed E-state index contributed by atoms with van der Waals surface area (Å²) in [6.45, 7) is 7.49. The summed E-state index contributed by atoms with van der Waals surface area (Å²) in [7, 11) is 0. The van der Waals surface area contributed by atoms with Crippen LogP contribution < -0.4 is 0 Å². The molecule has 2 unspecified atom stereocenters. The van der Waals surface area contributed by atoms with Gasteiger partial charge in [0.15, 0.2) is 0 Å². The van der Waals surface area contributed by atoms with E-state index in [-0.39, 0.29) is 0 Å². The van der Waals surface area contributed by atoms with Crippen molar-refractivity contribution in [3.05, 3.63) is 0 Å². The lowest BCUT2D eigenvalue weighted by atomic mass is 9.87. The van der Waals surface area contributed by atoms with E-state index in [1.807, 2.05) is 0 Å². The topological polar surface area (TPSA) is 0 Å². The maximum Gasteiger partial charge on any atom is 0.0233 e. The van der Waals surface area contributed by atoms with E-state index < -0.39 is 0 Å². The van der Waals surface area contributed by atoms with Gasteiger partial charge in [-0.05, 0) is 11.8 Å². The lowest BCUT2D eigenvalue weighted by Gasteiger charge is -2.19. The standard InChI is InChI=1S/C14H30/c1-5-7-9-10-12-14(4)13(3)11-8-6-2/h13-14H,5-12H2,1-4H3/i3D. The number of hydrogen-bond acceptors (Lipinski definition) is 0. The predicted molar refractivity (Wildman–Crippen MR) is 66.6 cm³/mol. The maximum atomic E-state index is 7.59. The van der Waals surface area contributed by atoms with Crippen molar-refractivity contribution in [1.82, 2.24) is 0 Å². The van der Waals surface area contributed by atoms with Gasteiger partial charge in [-0.15, -0.1) is 0 Å². The van der Waals surface area contributed by atoms with Crippen molar-refractivity contribution < 1.29 is 1.37 Å². The van der Waals surface area contributed by atoms with Gasteiger partial charge in [-0.3, -0.25) is 0 Å². The Hall–Kier alpha value is 0. The molecule has 86 valence electrons. The van der Waals surface area contributed by atoms with Gasteiger partial charge >= 0.3 is 0 Å². The van der Waals surface area contributed by atoms with E-state index in [9.17, 15) is 0 Å². The zero-order valence-electron chi connectivity index (χ0n) is 11.5. The average Bonchev–Trinajstić information content (AvgIpc) is 2.25. The molecule has 0 aromatic heterocycles. The molecule has 2 atom stereocenters. The van der Waals surface area contributed by atoms with Gasteiger partial charge in [0.25, 0.3) is 0 Å². The third-order valence-electron chi connectivity index (χ3n) is 3.25. The maximum absolute atomic E-state index is 7.59. The molecular weight excluding hydrogens is 168 g/mol. The number of unbranched alkanes of at least 4 members (excludes halogenated alkanes) is 4. The lowest BCUT2D eigenvalue weighted by Crippen LogP contribution is -2.07. The van der Waals surface area contributed by atoms with Crippen molar-refractivity contribution in [2.45, 2.75) is 79.0 Å².